The lowest BCUT2D eigenvalue weighted by Gasteiger charge is -2.34. The second-order valence-electron chi connectivity index (χ2n) is 3.56. The molecule has 0 amide bonds. The number of aliphatic hydroxyl groups is 3. The molecule has 2 rings (SSSR count). The lowest BCUT2D eigenvalue weighted by molar-refractivity contribution is -0.0786. The van der Waals surface area contributed by atoms with E-state index in [1.54, 1.807) is 18.3 Å². The third-order valence-corrected chi connectivity index (χ3v) is 3.58. The minimum Gasteiger partial charge on any atom is -0.475 e. The minimum absolute atomic E-state index is 0.336. The van der Waals surface area contributed by atoms with Crippen molar-refractivity contribution in [1.29, 1.82) is 0 Å². The summed E-state index contributed by atoms with van der Waals surface area (Å²) in [5, 5.41) is 28.5. The first-order chi connectivity index (χ1) is 7.68. The molecule has 1 saturated heterocycles. The first-order valence-corrected chi connectivity index (χ1v) is 5.96. The molecule has 1 fully saturated rings. The monoisotopic (exact) mass is 243 g/mol. The van der Waals surface area contributed by atoms with Crippen molar-refractivity contribution in [3.63, 3.8) is 0 Å². The van der Waals surface area contributed by atoms with E-state index in [9.17, 15) is 15.3 Å². The highest BCUT2D eigenvalue weighted by Gasteiger charge is 2.38. The van der Waals surface area contributed by atoms with Crippen LogP contribution in [0.25, 0.3) is 0 Å². The smallest absolute Gasteiger partial charge is 0.173 e. The zero-order valence-corrected chi connectivity index (χ0v) is 9.25. The van der Waals surface area contributed by atoms with Crippen molar-refractivity contribution >= 4 is 11.8 Å². The summed E-state index contributed by atoms with van der Waals surface area (Å²) in [7, 11) is 0. The molecule has 1 aliphatic rings. The molecular weight excluding hydrogens is 230 g/mol. The molecule has 3 N–H and O–H groups in total. The maximum atomic E-state index is 9.69. The number of ether oxygens (including phenoxy) is 1. The van der Waals surface area contributed by atoms with Gasteiger partial charge in [0.05, 0.1) is 12.3 Å². The van der Waals surface area contributed by atoms with E-state index < -0.39 is 23.7 Å². The summed E-state index contributed by atoms with van der Waals surface area (Å²) in [4.78, 5) is 3.88. The second-order valence-corrected chi connectivity index (χ2v) is 4.69. The topological polar surface area (TPSA) is 82.8 Å². The molecule has 4 atom stereocenters. The van der Waals surface area contributed by atoms with E-state index >= 15 is 0 Å². The Morgan fingerprint density at radius 3 is 2.81 bits per heavy atom. The van der Waals surface area contributed by atoms with Crippen LogP contribution in [0.4, 0.5) is 0 Å². The van der Waals surface area contributed by atoms with Gasteiger partial charge in [0.2, 0.25) is 0 Å². The third kappa shape index (κ3) is 2.46. The van der Waals surface area contributed by atoms with Crippen molar-refractivity contribution in [2.45, 2.75) is 23.7 Å². The van der Waals surface area contributed by atoms with Crippen LogP contribution in [-0.2, 0) is 0 Å². The molecule has 0 radical (unpaired) electrons. The number of rotatable bonds is 2. The average molecular weight is 243 g/mol. The molecule has 16 heavy (non-hydrogen) atoms. The molecule has 0 aromatic carbocycles. The Labute approximate surface area is 97.1 Å². The Morgan fingerprint density at radius 1 is 1.31 bits per heavy atom. The fraction of sp³-hybridized carbons (Fsp3) is 0.500. The molecule has 0 aliphatic carbocycles. The van der Waals surface area contributed by atoms with Gasteiger partial charge in [0.1, 0.15) is 18.0 Å². The van der Waals surface area contributed by atoms with Gasteiger partial charge in [-0.25, -0.2) is 0 Å². The van der Waals surface area contributed by atoms with E-state index in [4.69, 9.17) is 4.74 Å². The summed E-state index contributed by atoms with van der Waals surface area (Å²) in [6.07, 6.45) is -0.0220. The van der Waals surface area contributed by atoms with Crippen molar-refractivity contribution in [3.05, 3.63) is 24.5 Å². The van der Waals surface area contributed by atoms with Gasteiger partial charge in [-0.05, 0) is 12.1 Å². The van der Waals surface area contributed by atoms with Crippen molar-refractivity contribution in [2.24, 2.45) is 0 Å². The zero-order valence-electron chi connectivity index (χ0n) is 8.43. The van der Waals surface area contributed by atoms with Crippen LogP contribution in [0.3, 0.4) is 0 Å². The Bertz CT molecular complexity index is 337. The predicted octanol–water partition coefficient (Wildman–Crippen LogP) is -0.384. The van der Waals surface area contributed by atoms with E-state index in [0.717, 1.165) is 0 Å². The molecule has 1 aromatic heterocycles. The van der Waals surface area contributed by atoms with Crippen molar-refractivity contribution in [2.75, 3.05) is 5.75 Å². The Morgan fingerprint density at radius 2 is 2.12 bits per heavy atom. The number of aliphatic hydroxyl groups excluding tert-OH is 3. The van der Waals surface area contributed by atoms with Crippen molar-refractivity contribution in [1.82, 2.24) is 4.98 Å². The van der Waals surface area contributed by atoms with E-state index in [-0.39, 0.29) is 0 Å². The summed E-state index contributed by atoms with van der Waals surface area (Å²) in [6.45, 7) is 0. The Kier molecular flexibility index (Phi) is 3.65. The molecule has 0 unspecified atom stereocenters. The highest BCUT2D eigenvalue weighted by atomic mass is 32.2. The van der Waals surface area contributed by atoms with Crippen LogP contribution in [0.2, 0.25) is 0 Å². The molecule has 0 saturated carbocycles. The highest BCUT2D eigenvalue weighted by Crippen LogP contribution is 2.28. The summed E-state index contributed by atoms with van der Waals surface area (Å²) in [5.41, 5.74) is -0.581. The fourth-order valence-corrected chi connectivity index (χ4v) is 2.56. The maximum absolute atomic E-state index is 9.69. The summed E-state index contributed by atoms with van der Waals surface area (Å²) >= 11 is 1.27. The van der Waals surface area contributed by atoms with E-state index in [2.05, 4.69) is 4.98 Å². The van der Waals surface area contributed by atoms with Gasteiger partial charge < -0.3 is 20.1 Å². The largest absolute Gasteiger partial charge is 0.475 e. The summed E-state index contributed by atoms with van der Waals surface area (Å²) in [6, 6.07) is 3.44. The van der Waals surface area contributed by atoms with Crippen LogP contribution in [0.5, 0.6) is 5.75 Å². The van der Waals surface area contributed by atoms with Crippen LogP contribution in [-0.4, -0.2) is 49.8 Å². The third-order valence-electron chi connectivity index (χ3n) is 2.34. The van der Waals surface area contributed by atoms with Crippen LogP contribution in [0.15, 0.2) is 24.5 Å². The molecule has 0 bridgehead atoms. The van der Waals surface area contributed by atoms with Crippen LogP contribution < -0.4 is 4.74 Å². The van der Waals surface area contributed by atoms with Gasteiger partial charge in [-0.1, -0.05) is 0 Å². The first-order valence-electron chi connectivity index (χ1n) is 4.91. The number of aromatic nitrogens is 1. The lowest BCUT2D eigenvalue weighted by atomic mass is 10.1. The van der Waals surface area contributed by atoms with Gasteiger partial charge in [-0.15, -0.1) is 11.8 Å². The maximum Gasteiger partial charge on any atom is 0.173 e. The van der Waals surface area contributed by atoms with Gasteiger partial charge in [-0.2, -0.15) is 0 Å². The lowest BCUT2D eigenvalue weighted by Crippen LogP contribution is -2.50. The van der Waals surface area contributed by atoms with Crippen molar-refractivity contribution in [3.8, 4) is 5.75 Å². The molecule has 6 heteroatoms. The quantitative estimate of drug-likeness (QED) is 0.656. The normalized spacial score (nSPS) is 34.7. The van der Waals surface area contributed by atoms with Gasteiger partial charge in [0, 0.05) is 11.9 Å². The number of pyridine rings is 1. The zero-order chi connectivity index (χ0) is 11.5. The average Bonchev–Trinajstić information content (AvgIpc) is 2.31. The van der Waals surface area contributed by atoms with E-state index in [0.29, 0.717) is 11.5 Å². The van der Waals surface area contributed by atoms with Gasteiger partial charge in [0.15, 0.2) is 5.44 Å². The highest BCUT2D eigenvalue weighted by molar-refractivity contribution is 7.99. The number of hydrogen-bond donors (Lipinski definition) is 3. The summed E-state index contributed by atoms with van der Waals surface area (Å²) < 4.78 is 5.47. The van der Waals surface area contributed by atoms with Crippen molar-refractivity contribution < 1.29 is 20.1 Å². The number of nitrogens with zero attached hydrogens (tertiary/aromatic N) is 1. The van der Waals surface area contributed by atoms with E-state index in [1.165, 1.54) is 18.0 Å². The molecule has 2 heterocycles. The first kappa shape index (κ1) is 11.7. The van der Waals surface area contributed by atoms with Crippen LogP contribution in [0.1, 0.15) is 0 Å². The van der Waals surface area contributed by atoms with Gasteiger partial charge >= 0.3 is 0 Å². The fourth-order valence-electron chi connectivity index (χ4n) is 1.43. The standard InChI is InChI=1S/C10H13NO4S/c12-7-5-16-10(9(14)8(7)13)15-6-2-1-3-11-4-6/h1-4,7-10,12-14H,5H2/t7-,8+,9-,10-/m1/s1. The summed E-state index contributed by atoms with van der Waals surface area (Å²) in [5.74, 6) is 0.867. The van der Waals surface area contributed by atoms with E-state index in [1.807, 2.05) is 0 Å². The van der Waals surface area contributed by atoms with Gasteiger partial charge in [-0.3, -0.25) is 4.98 Å². The van der Waals surface area contributed by atoms with Crippen LogP contribution in [0, 0.1) is 0 Å². The minimum atomic E-state index is -1.16. The Hall–Kier alpha value is -0.820. The van der Waals surface area contributed by atoms with Crippen LogP contribution >= 0.6 is 11.8 Å². The SMILES string of the molecule is O[C@@H]1[C@@H](O)[C@H](Oc2cccnc2)SC[C@H]1O. The second kappa shape index (κ2) is 5.01. The van der Waals surface area contributed by atoms with Gasteiger partial charge in [0.25, 0.3) is 0 Å². The predicted molar refractivity (Wildman–Crippen MR) is 59.1 cm³/mol. The molecule has 1 aromatic rings. The molecule has 5 nitrogen and oxygen atoms in total. The Balaban J connectivity index is 2.00. The molecule has 88 valence electrons. The molecular formula is C10H13NO4S. The number of thioether (sulfide) groups is 1. The molecule has 0 spiro atoms. The molecule has 1 aliphatic heterocycles. The number of hydrogen-bond acceptors (Lipinski definition) is 6.